The van der Waals surface area contributed by atoms with Crippen LogP contribution in [0.2, 0.25) is 0 Å². The number of hydrogen-bond acceptors (Lipinski definition) is 8. The highest BCUT2D eigenvalue weighted by Gasteiger charge is 2.29. The second-order valence-corrected chi connectivity index (χ2v) is 7.92. The van der Waals surface area contributed by atoms with E-state index in [-0.39, 0.29) is 29.9 Å². The highest BCUT2D eigenvalue weighted by molar-refractivity contribution is 14.1. The number of nitro groups is 1. The van der Waals surface area contributed by atoms with Crippen LogP contribution in [0.3, 0.4) is 0 Å². The van der Waals surface area contributed by atoms with Crippen molar-refractivity contribution in [2.45, 2.75) is 31.5 Å². The van der Waals surface area contributed by atoms with Crippen molar-refractivity contribution in [3.63, 3.8) is 0 Å². The number of hydrogen-bond donors (Lipinski definition) is 6. The average Bonchev–Trinajstić information content (AvgIpc) is 2.68. The molecule has 7 N–H and O–H groups in total. The van der Waals surface area contributed by atoms with Gasteiger partial charge in [-0.1, -0.05) is 0 Å². The van der Waals surface area contributed by atoms with Crippen molar-refractivity contribution < 1.29 is 29.2 Å². The first-order valence-electron chi connectivity index (χ1n) is 9.08. The maximum Gasteiger partial charge on any atom is 0.271 e. The maximum absolute atomic E-state index is 12.9. The Morgan fingerprint density at radius 1 is 1.29 bits per heavy atom. The van der Waals surface area contributed by atoms with Crippen molar-refractivity contribution in [3.05, 3.63) is 31.4 Å². The van der Waals surface area contributed by atoms with Crippen molar-refractivity contribution in [2.24, 2.45) is 5.73 Å². The minimum atomic E-state index is -1.44. The Bertz CT molecular complexity index is 922. The highest BCUT2D eigenvalue weighted by atomic mass is 127. The number of nitrogens with two attached hydrogens (primary N) is 1. The number of rotatable bonds is 3. The molecule has 14 heteroatoms. The summed E-state index contributed by atoms with van der Waals surface area (Å²) in [6.07, 6.45) is -1.29. The van der Waals surface area contributed by atoms with Gasteiger partial charge in [-0.3, -0.25) is 29.3 Å². The number of amides is 4. The Balaban J connectivity index is 2.51. The molecule has 168 valence electrons. The van der Waals surface area contributed by atoms with Crippen LogP contribution >= 0.6 is 22.6 Å². The molecule has 0 aliphatic carbocycles. The van der Waals surface area contributed by atoms with E-state index in [1.807, 2.05) is 0 Å². The number of carbonyl (C=O) groups is 4. The van der Waals surface area contributed by atoms with Gasteiger partial charge in [-0.05, 0) is 35.9 Å². The summed E-state index contributed by atoms with van der Waals surface area (Å²) in [4.78, 5) is 59.5. The number of primary amides is 1. The first-order chi connectivity index (χ1) is 14.5. The Labute approximate surface area is 189 Å². The molecular formula is C17H21IN6O7. The smallest absolute Gasteiger partial charge is 0.271 e. The molecule has 1 aromatic rings. The fourth-order valence-corrected chi connectivity index (χ4v) is 3.63. The molecule has 2 rings (SSSR count). The third-order valence-corrected chi connectivity index (χ3v) is 5.27. The highest BCUT2D eigenvalue weighted by Crippen LogP contribution is 2.29. The summed E-state index contributed by atoms with van der Waals surface area (Å²) in [5, 5.41) is 31.1. The summed E-state index contributed by atoms with van der Waals surface area (Å²) in [6, 6.07) is -0.217. The van der Waals surface area contributed by atoms with Gasteiger partial charge in [0, 0.05) is 22.2 Å². The minimum absolute atomic E-state index is 0.0550. The summed E-state index contributed by atoms with van der Waals surface area (Å²) in [5.41, 5.74) is 5.06. The van der Waals surface area contributed by atoms with E-state index in [2.05, 4.69) is 21.3 Å². The van der Waals surface area contributed by atoms with E-state index in [1.54, 1.807) is 22.6 Å². The Morgan fingerprint density at radius 3 is 2.55 bits per heavy atom. The van der Waals surface area contributed by atoms with E-state index in [4.69, 9.17) is 5.73 Å². The van der Waals surface area contributed by atoms with Gasteiger partial charge in [0.25, 0.3) is 11.6 Å². The Hall–Kier alpha value is -3.01. The monoisotopic (exact) mass is 548 g/mol. The van der Waals surface area contributed by atoms with Crippen molar-refractivity contribution >= 4 is 57.6 Å². The lowest BCUT2D eigenvalue weighted by molar-refractivity contribution is -0.384. The molecule has 0 bridgehead atoms. The molecule has 13 nitrogen and oxygen atoms in total. The van der Waals surface area contributed by atoms with E-state index in [0.29, 0.717) is 3.57 Å². The van der Waals surface area contributed by atoms with Crippen molar-refractivity contribution in [3.8, 4) is 0 Å². The van der Waals surface area contributed by atoms with Crippen LogP contribution in [-0.2, 0) is 14.4 Å². The largest absolute Gasteiger partial charge is 0.391 e. The minimum Gasteiger partial charge on any atom is -0.391 e. The molecule has 0 aromatic heterocycles. The van der Waals surface area contributed by atoms with Crippen LogP contribution in [0, 0.1) is 13.7 Å². The van der Waals surface area contributed by atoms with Gasteiger partial charge in [0.2, 0.25) is 17.7 Å². The number of aliphatic hydroxyl groups is 1. The predicted molar refractivity (Wildman–Crippen MR) is 116 cm³/mol. The average molecular weight is 548 g/mol. The fraction of sp³-hybridized carbons (Fsp3) is 0.412. The molecule has 4 amide bonds. The molecule has 0 radical (unpaired) electrons. The van der Waals surface area contributed by atoms with Crippen LogP contribution < -0.4 is 27.0 Å². The summed E-state index contributed by atoms with van der Waals surface area (Å²) in [7, 11) is 0. The van der Waals surface area contributed by atoms with E-state index in [9.17, 15) is 34.4 Å². The number of nitro benzene ring substituents is 1. The van der Waals surface area contributed by atoms with Gasteiger partial charge < -0.3 is 32.1 Å². The first-order valence-corrected chi connectivity index (χ1v) is 10.2. The topological polar surface area (TPSA) is 206 Å². The zero-order valence-electron chi connectivity index (χ0n) is 16.3. The number of aliphatic hydroxyl groups excluding tert-OH is 1. The molecule has 0 fully saturated rings. The summed E-state index contributed by atoms with van der Waals surface area (Å²) >= 11 is 1.80. The molecule has 2 unspecified atom stereocenters. The van der Waals surface area contributed by atoms with Gasteiger partial charge in [0.05, 0.1) is 28.8 Å². The van der Waals surface area contributed by atoms with Crippen molar-refractivity contribution in [2.75, 3.05) is 18.4 Å². The summed E-state index contributed by atoms with van der Waals surface area (Å²) in [5.74, 6) is -3.19. The number of benzene rings is 1. The number of non-ortho nitro benzene ring substituents is 1. The van der Waals surface area contributed by atoms with Gasteiger partial charge >= 0.3 is 0 Å². The normalized spacial score (nSPS) is 21.3. The van der Waals surface area contributed by atoms with E-state index < -0.39 is 53.3 Å². The fourth-order valence-electron chi connectivity index (χ4n) is 2.83. The zero-order chi connectivity index (χ0) is 23.3. The molecule has 1 aliphatic heterocycles. The number of halogens is 1. The van der Waals surface area contributed by atoms with E-state index in [0.717, 1.165) is 6.07 Å². The molecular weight excluding hydrogens is 527 g/mol. The second kappa shape index (κ2) is 10.3. The van der Waals surface area contributed by atoms with Crippen molar-refractivity contribution in [1.29, 1.82) is 0 Å². The van der Waals surface area contributed by atoms with Crippen LogP contribution in [0.1, 0.15) is 23.7 Å². The molecule has 3 atom stereocenters. The van der Waals surface area contributed by atoms with Crippen LogP contribution in [0.25, 0.3) is 0 Å². The molecule has 1 heterocycles. The number of nitrogens with one attached hydrogen (secondary N) is 4. The Morgan fingerprint density at radius 2 is 1.97 bits per heavy atom. The number of nitrogens with zero attached hydrogens (tertiary/aromatic N) is 1. The SMILES string of the molecule is CC(O)[C@@H]1NC(=O)c2cc([N+](=O)[O-])cc(I)c2NCCC(C(N)=O)NC(=O)CNC1=O. The molecule has 0 spiro atoms. The van der Waals surface area contributed by atoms with Crippen LogP contribution in [0.15, 0.2) is 12.1 Å². The maximum atomic E-state index is 12.9. The van der Waals surface area contributed by atoms with Gasteiger partial charge in [-0.15, -0.1) is 0 Å². The van der Waals surface area contributed by atoms with Crippen LogP contribution in [-0.4, -0.2) is 64.9 Å². The summed E-state index contributed by atoms with van der Waals surface area (Å²) < 4.78 is 0.335. The molecule has 0 saturated heterocycles. The lowest BCUT2D eigenvalue weighted by Crippen LogP contribution is -2.55. The third-order valence-electron chi connectivity index (χ3n) is 4.42. The molecule has 1 aliphatic rings. The quantitative estimate of drug-likeness (QED) is 0.150. The second-order valence-electron chi connectivity index (χ2n) is 6.75. The van der Waals surface area contributed by atoms with Gasteiger partial charge in [-0.2, -0.15) is 0 Å². The number of carbonyl (C=O) groups excluding carboxylic acids is 4. The first kappa shape index (κ1) is 24.3. The zero-order valence-corrected chi connectivity index (χ0v) is 18.5. The van der Waals surface area contributed by atoms with Gasteiger partial charge in [0.1, 0.15) is 12.1 Å². The Kier molecular flexibility index (Phi) is 8.09. The molecule has 31 heavy (non-hydrogen) atoms. The lowest BCUT2D eigenvalue weighted by Gasteiger charge is -2.23. The lowest BCUT2D eigenvalue weighted by atomic mass is 10.1. The van der Waals surface area contributed by atoms with Crippen molar-refractivity contribution in [1.82, 2.24) is 16.0 Å². The predicted octanol–water partition coefficient (Wildman–Crippen LogP) is -1.42. The van der Waals surface area contributed by atoms with Gasteiger partial charge in [-0.25, -0.2) is 0 Å². The summed E-state index contributed by atoms with van der Waals surface area (Å²) in [6.45, 7) is 0.830. The number of fused-ring (bicyclic) bond motifs is 1. The van der Waals surface area contributed by atoms with E-state index >= 15 is 0 Å². The van der Waals surface area contributed by atoms with Gasteiger partial charge in [0.15, 0.2) is 0 Å². The van der Waals surface area contributed by atoms with E-state index in [1.165, 1.54) is 13.0 Å². The van der Waals surface area contributed by atoms with Crippen LogP contribution in [0.4, 0.5) is 11.4 Å². The standard InChI is InChI=1S/C17H21IN6O7/c1-7(25)13-17(29)21-6-12(26)22-11(15(19)27)2-3-20-14-9(16(28)23-13)4-8(24(30)31)5-10(14)18/h4-5,7,11,13,20,25H,2-3,6H2,1H3,(H2,19,27)(H,21,29)(H,22,26)(H,23,28)/t7?,11?,13-/m0/s1. The third kappa shape index (κ3) is 6.24. The molecule has 0 saturated carbocycles. The molecule has 1 aromatic carbocycles. The number of anilines is 1. The van der Waals surface area contributed by atoms with Crippen LogP contribution in [0.5, 0.6) is 0 Å².